The van der Waals surface area contributed by atoms with Crippen molar-refractivity contribution in [3.63, 3.8) is 0 Å². The number of ether oxygens (including phenoxy) is 1. The van der Waals surface area contributed by atoms with Crippen LogP contribution in [0.3, 0.4) is 0 Å². The van der Waals surface area contributed by atoms with Gasteiger partial charge in [0.2, 0.25) is 5.91 Å². The number of carbonyl (C=O) groups is 1. The summed E-state index contributed by atoms with van der Waals surface area (Å²) >= 11 is 0. The Kier molecular flexibility index (Phi) is 5.53. The molecule has 0 aromatic heterocycles. The number of amides is 1. The molecule has 128 valence electrons. The van der Waals surface area contributed by atoms with Gasteiger partial charge in [0.25, 0.3) is 0 Å². The fourth-order valence-corrected chi connectivity index (χ4v) is 3.70. The third-order valence-electron chi connectivity index (χ3n) is 5.13. The van der Waals surface area contributed by atoms with Crippen molar-refractivity contribution in [2.75, 3.05) is 20.2 Å². The van der Waals surface area contributed by atoms with Gasteiger partial charge in [0.05, 0.1) is 18.7 Å². The molecule has 1 saturated heterocycles. The molecule has 0 bridgehead atoms. The molecule has 3 rings (SSSR count). The number of benzene rings is 1. The van der Waals surface area contributed by atoms with Crippen LogP contribution in [0.5, 0.6) is 5.75 Å². The summed E-state index contributed by atoms with van der Waals surface area (Å²) in [6.45, 7) is 3.78. The van der Waals surface area contributed by atoms with E-state index in [1.807, 2.05) is 0 Å². The van der Waals surface area contributed by atoms with Crippen LogP contribution in [0.2, 0.25) is 0 Å². The molecular weight excluding hydrogens is 319 g/mol. The zero-order valence-corrected chi connectivity index (χ0v) is 14.3. The molecule has 4 nitrogen and oxygen atoms in total. The predicted molar refractivity (Wildman–Crippen MR) is 89.4 cm³/mol. The Labute approximate surface area is 142 Å². The Morgan fingerprint density at radius 3 is 2.78 bits per heavy atom. The van der Waals surface area contributed by atoms with Crippen LogP contribution in [0.15, 0.2) is 18.2 Å². The highest BCUT2D eigenvalue weighted by atomic mass is 35.5. The normalized spacial score (nSPS) is 22.8. The van der Waals surface area contributed by atoms with Crippen LogP contribution in [-0.2, 0) is 4.79 Å². The Bertz CT molecular complexity index is 576. The maximum atomic E-state index is 14.1. The van der Waals surface area contributed by atoms with E-state index in [0.29, 0.717) is 11.3 Å². The zero-order chi connectivity index (χ0) is 15.7. The minimum atomic E-state index is -0.400. The summed E-state index contributed by atoms with van der Waals surface area (Å²) in [7, 11) is 1.51. The van der Waals surface area contributed by atoms with Gasteiger partial charge in [0.1, 0.15) is 11.6 Å². The molecular formula is C17H24ClFN2O2. The van der Waals surface area contributed by atoms with Gasteiger partial charge in [-0.3, -0.25) is 4.79 Å². The molecule has 1 aliphatic heterocycles. The van der Waals surface area contributed by atoms with Crippen molar-refractivity contribution in [1.29, 1.82) is 0 Å². The minimum Gasteiger partial charge on any atom is -0.496 e. The highest BCUT2D eigenvalue weighted by Gasteiger charge is 2.57. The van der Waals surface area contributed by atoms with Gasteiger partial charge in [0, 0.05) is 5.92 Å². The fourth-order valence-electron chi connectivity index (χ4n) is 3.70. The monoisotopic (exact) mass is 342 g/mol. The van der Waals surface area contributed by atoms with E-state index in [4.69, 9.17) is 4.74 Å². The Balaban J connectivity index is 0.00000192. The highest BCUT2D eigenvalue weighted by Crippen LogP contribution is 2.58. The van der Waals surface area contributed by atoms with Crippen molar-refractivity contribution in [2.24, 2.45) is 11.3 Å². The van der Waals surface area contributed by atoms with Gasteiger partial charge < -0.3 is 15.4 Å². The van der Waals surface area contributed by atoms with Crippen molar-refractivity contribution >= 4 is 18.3 Å². The van der Waals surface area contributed by atoms with E-state index in [1.54, 1.807) is 19.1 Å². The highest BCUT2D eigenvalue weighted by molar-refractivity contribution is 5.85. The molecule has 1 aliphatic carbocycles. The van der Waals surface area contributed by atoms with Crippen LogP contribution in [0.25, 0.3) is 0 Å². The Morgan fingerprint density at radius 2 is 2.13 bits per heavy atom. The minimum absolute atomic E-state index is 0. The lowest BCUT2D eigenvalue weighted by atomic mass is 9.91. The summed E-state index contributed by atoms with van der Waals surface area (Å²) < 4.78 is 19.3. The first-order valence-electron chi connectivity index (χ1n) is 7.91. The van der Waals surface area contributed by atoms with Gasteiger partial charge in [-0.15, -0.1) is 12.4 Å². The lowest BCUT2D eigenvalue weighted by Gasteiger charge is -2.24. The lowest BCUT2D eigenvalue weighted by molar-refractivity contribution is -0.124. The summed E-state index contributed by atoms with van der Waals surface area (Å²) in [6, 6.07) is 4.32. The van der Waals surface area contributed by atoms with Gasteiger partial charge in [-0.25, -0.2) is 4.39 Å². The summed E-state index contributed by atoms with van der Waals surface area (Å²) in [5.41, 5.74) is 0.604. The molecule has 6 heteroatoms. The molecule has 2 atom stereocenters. The number of methoxy groups -OCH3 is 1. The second kappa shape index (κ2) is 7.05. The van der Waals surface area contributed by atoms with Gasteiger partial charge in [0.15, 0.2) is 0 Å². The third-order valence-corrected chi connectivity index (χ3v) is 5.13. The van der Waals surface area contributed by atoms with E-state index in [-0.39, 0.29) is 35.5 Å². The third kappa shape index (κ3) is 3.45. The van der Waals surface area contributed by atoms with Crippen LogP contribution < -0.4 is 15.4 Å². The van der Waals surface area contributed by atoms with Crippen LogP contribution in [-0.4, -0.2) is 26.1 Å². The number of nitrogens with one attached hydrogen (secondary N) is 2. The first-order chi connectivity index (χ1) is 10.6. The number of hydrogen-bond acceptors (Lipinski definition) is 3. The average Bonchev–Trinajstić information content (AvgIpc) is 3.20. The molecule has 1 saturated carbocycles. The zero-order valence-electron chi connectivity index (χ0n) is 13.5. The van der Waals surface area contributed by atoms with E-state index in [1.165, 1.54) is 13.2 Å². The molecule has 1 aromatic rings. The second-order valence-corrected chi connectivity index (χ2v) is 6.46. The van der Waals surface area contributed by atoms with Crippen LogP contribution in [0.1, 0.15) is 37.8 Å². The fraction of sp³-hybridized carbons (Fsp3) is 0.588. The topological polar surface area (TPSA) is 50.4 Å². The first-order valence-corrected chi connectivity index (χ1v) is 7.91. The van der Waals surface area contributed by atoms with E-state index in [9.17, 15) is 9.18 Å². The molecule has 2 fully saturated rings. The van der Waals surface area contributed by atoms with E-state index < -0.39 is 6.04 Å². The maximum absolute atomic E-state index is 14.1. The van der Waals surface area contributed by atoms with Crippen molar-refractivity contribution in [3.05, 3.63) is 29.6 Å². The molecule has 2 aliphatic rings. The molecule has 23 heavy (non-hydrogen) atoms. The maximum Gasteiger partial charge on any atom is 0.224 e. The van der Waals surface area contributed by atoms with E-state index in [0.717, 1.165) is 32.4 Å². The predicted octanol–water partition coefficient (Wildman–Crippen LogP) is 2.82. The average molecular weight is 343 g/mol. The summed E-state index contributed by atoms with van der Waals surface area (Å²) in [5, 5.41) is 6.30. The number of carbonyl (C=O) groups excluding carboxylic acids is 1. The molecule has 1 heterocycles. The molecule has 1 aromatic carbocycles. The van der Waals surface area contributed by atoms with Crippen molar-refractivity contribution in [2.45, 2.75) is 32.2 Å². The number of piperidine rings is 1. The molecule has 2 N–H and O–H groups in total. The van der Waals surface area contributed by atoms with Gasteiger partial charge >= 0.3 is 0 Å². The Morgan fingerprint density at radius 1 is 1.43 bits per heavy atom. The van der Waals surface area contributed by atoms with Crippen LogP contribution in [0, 0.1) is 17.2 Å². The molecule has 1 amide bonds. The lowest BCUT2D eigenvalue weighted by Crippen LogP contribution is -2.34. The van der Waals surface area contributed by atoms with E-state index >= 15 is 0 Å². The molecule has 2 unspecified atom stereocenters. The number of rotatable bonds is 4. The summed E-state index contributed by atoms with van der Waals surface area (Å²) in [5.74, 6) is 0.245. The largest absolute Gasteiger partial charge is 0.496 e. The first kappa shape index (κ1) is 18.0. The molecule has 1 spiro atoms. The second-order valence-electron chi connectivity index (χ2n) is 6.46. The van der Waals surface area contributed by atoms with Gasteiger partial charge in [-0.05, 0) is 56.8 Å². The van der Waals surface area contributed by atoms with Crippen molar-refractivity contribution in [3.8, 4) is 5.75 Å². The van der Waals surface area contributed by atoms with Crippen molar-refractivity contribution in [1.82, 2.24) is 10.6 Å². The van der Waals surface area contributed by atoms with Gasteiger partial charge in [-0.1, -0.05) is 6.07 Å². The number of halogens is 2. The summed E-state index contributed by atoms with van der Waals surface area (Å²) in [6.07, 6.45) is 3.08. The molecule has 0 radical (unpaired) electrons. The van der Waals surface area contributed by atoms with Crippen molar-refractivity contribution < 1.29 is 13.9 Å². The van der Waals surface area contributed by atoms with Crippen LogP contribution in [0.4, 0.5) is 4.39 Å². The van der Waals surface area contributed by atoms with E-state index in [2.05, 4.69) is 10.6 Å². The van der Waals surface area contributed by atoms with Gasteiger partial charge in [-0.2, -0.15) is 0 Å². The smallest absolute Gasteiger partial charge is 0.224 e. The van der Waals surface area contributed by atoms with Crippen LogP contribution >= 0.6 is 12.4 Å². The number of hydrogen-bond donors (Lipinski definition) is 2. The summed E-state index contributed by atoms with van der Waals surface area (Å²) in [4.78, 5) is 12.5. The Hall–Kier alpha value is -1.33. The quantitative estimate of drug-likeness (QED) is 0.884. The standard InChI is InChI=1S/C17H23FN2O2.ClH/c1-11(15-13(18)4-3-5-14(15)22-2)20-16(21)12-10-17(12)6-8-19-9-7-17;/h3-5,11-12,19H,6-10H2,1-2H3,(H,20,21);1H. The SMILES string of the molecule is COc1cccc(F)c1C(C)NC(=O)C1CC12CCNCC2.Cl.